The molecule has 1 unspecified atom stereocenters. The Morgan fingerprint density at radius 2 is 1.24 bits per heavy atom. The van der Waals surface area contributed by atoms with E-state index in [2.05, 4.69) is 29.8 Å². The molecule has 0 aliphatic rings. The summed E-state index contributed by atoms with van der Waals surface area (Å²) in [6, 6.07) is 0. The molecule has 0 fully saturated rings. The molecule has 0 spiro atoms. The summed E-state index contributed by atoms with van der Waals surface area (Å²) in [6.45, 7) is 3.72. The summed E-state index contributed by atoms with van der Waals surface area (Å²) < 4.78 is 47.4. The lowest BCUT2D eigenvalue weighted by Crippen LogP contribution is -2.30. The molecule has 0 saturated heterocycles. The molecule has 4 atom stereocenters. The van der Waals surface area contributed by atoms with Crippen LogP contribution in [0.5, 0.6) is 0 Å². The third-order valence-corrected chi connectivity index (χ3v) is 9.18. The fourth-order valence-corrected chi connectivity index (χ4v) is 5.91. The van der Waals surface area contributed by atoms with Crippen LogP contribution in [0.15, 0.2) is 48.6 Å². The predicted molar refractivity (Wildman–Crippen MR) is 208 cm³/mol. The molecule has 0 saturated carbocycles. The second-order valence-electron chi connectivity index (χ2n) is 13.5. The molecule has 0 aliphatic heterocycles. The van der Waals surface area contributed by atoms with Crippen molar-refractivity contribution in [3.63, 3.8) is 0 Å². The van der Waals surface area contributed by atoms with Crippen molar-refractivity contribution in [2.24, 2.45) is 5.92 Å². The van der Waals surface area contributed by atoms with Crippen LogP contribution in [0.2, 0.25) is 0 Å². The minimum Gasteiger partial charge on any atom is -0.462 e. The van der Waals surface area contributed by atoms with E-state index >= 15 is 0 Å². The number of unbranched alkanes of at least 4 members (excludes halogenated alkanes) is 8. The first-order chi connectivity index (χ1) is 25.6. The first-order valence-electron chi connectivity index (χ1n) is 19.3. The molecule has 0 bridgehead atoms. The molecule has 5 N–H and O–H groups in total. The standard InChI is InChI=1S/C38H68O14P2/c1-4-5-19-25-34(39)26-21-16-11-9-7-6-8-10-12-17-22-27-37(41)48-31-36(52-38(42)28-23-18-14-13-15-20-24-33(2)3)32-51-54(46,47)50-30-35(40)29-49-53(43,44)45/h6-7,10-12,16,21,26,33-36,39-40H,4-5,8-9,13-15,17-20,22-25,27-32H2,1-3H3,(H,46,47)(H2,43,44,45)/b7-6-,12-10-,16-11-,26-21+/t34-,35+,36-/m1/s1. The highest BCUT2D eigenvalue weighted by atomic mass is 31.2. The van der Waals surface area contributed by atoms with Gasteiger partial charge in [0.25, 0.3) is 0 Å². The number of rotatable bonds is 35. The van der Waals surface area contributed by atoms with Gasteiger partial charge in [-0.05, 0) is 44.4 Å². The maximum absolute atomic E-state index is 12.5. The van der Waals surface area contributed by atoms with Crippen molar-refractivity contribution in [2.45, 2.75) is 148 Å². The van der Waals surface area contributed by atoms with Gasteiger partial charge in [-0.25, -0.2) is 9.13 Å². The first kappa shape index (κ1) is 52.0. The Balaban J connectivity index is 4.67. The zero-order valence-corrected chi connectivity index (χ0v) is 34.4. The van der Waals surface area contributed by atoms with Crippen molar-refractivity contribution in [2.75, 3.05) is 26.4 Å². The highest BCUT2D eigenvalue weighted by Gasteiger charge is 2.28. The van der Waals surface area contributed by atoms with E-state index in [0.717, 1.165) is 64.2 Å². The maximum Gasteiger partial charge on any atom is 0.472 e. The second kappa shape index (κ2) is 33.2. The summed E-state index contributed by atoms with van der Waals surface area (Å²) in [5, 5.41) is 19.6. The van der Waals surface area contributed by atoms with Crippen LogP contribution in [-0.4, -0.2) is 81.6 Å². The average molecular weight is 811 g/mol. The summed E-state index contributed by atoms with van der Waals surface area (Å²) in [6.07, 6.45) is 26.3. The van der Waals surface area contributed by atoms with Gasteiger partial charge in [-0.1, -0.05) is 127 Å². The summed E-state index contributed by atoms with van der Waals surface area (Å²) in [5.41, 5.74) is 0. The number of esters is 2. The van der Waals surface area contributed by atoms with Crippen LogP contribution in [0.4, 0.5) is 0 Å². The van der Waals surface area contributed by atoms with Crippen LogP contribution >= 0.6 is 15.6 Å². The Bertz CT molecular complexity index is 1180. The van der Waals surface area contributed by atoms with Crippen LogP contribution in [0.25, 0.3) is 0 Å². The number of phosphoric ester groups is 2. The fourth-order valence-electron chi connectivity index (χ4n) is 4.75. The van der Waals surface area contributed by atoms with E-state index in [0.29, 0.717) is 25.2 Å². The molecule has 314 valence electrons. The zero-order chi connectivity index (χ0) is 40.5. The SMILES string of the molecule is CCCCC[C@@H](O)/C=C/C=C\C/C=C\C/C=C\CCCC(=O)OC[C@H](COP(=O)(O)OC[C@@H](O)COP(=O)(O)O)OC(=O)CCCCCCCCC(C)C. The average Bonchev–Trinajstić information content (AvgIpc) is 3.10. The highest BCUT2D eigenvalue weighted by Crippen LogP contribution is 2.43. The monoisotopic (exact) mass is 810 g/mol. The van der Waals surface area contributed by atoms with Gasteiger partial charge in [0, 0.05) is 12.8 Å². The molecular weight excluding hydrogens is 742 g/mol. The number of ether oxygens (including phenoxy) is 2. The van der Waals surface area contributed by atoms with Crippen molar-refractivity contribution in [1.29, 1.82) is 0 Å². The predicted octanol–water partition coefficient (Wildman–Crippen LogP) is 7.94. The van der Waals surface area contributed by atoms with E-state index in [4.69, 9.17) is 23.8 Å². The smallest absolute Gasteiger partial charge is 0.462 e. The van der Waals surface area contributed by atoms with E-state index in [1.807, 2.05) is 42.5 Å². The fraction of sp³-hybridized carbons (Fsp3) is 0.737. The molecule has 0 aromatic carbocycles. The molecule has 54 heavy (non-hydrogen) atoms. The van der Waals surface area contributed by atoms with Gasteiger partial charge in [-0.15, -0.1) is 0 Å². The lowest BCUT2D eigenvalue weighted by molar-refractivity contribution is -0.161. The molecule has 0 rings (SSSR count). The Morgan fingerprint density at radius 1 is 0.648 bits per heavy atom. The Labute approximate surface area is 322 Å². The van der Waals surface area contributed by atoms with Crippen LogP contribution in [0, 0.1) is 5.92 Å². The second-order valence-corrected chi connectivity index (χ2v) is 16.2. The molecule has 0 aliphatic carbocycles. The molecule has 0 heterocycles. The zero-order valence-electron chi connectivity index (χ0n) is 32.6. The Morgan fingerprint density at radius 3 is 1.93 bits per heavy atom. The van der Waals surface area contributed by atoms with Crippen molar-refractivity contribution < 1.29 is 66.7 Å². The van der Waals surface area contributed by atoms with Crippen molar-refractivity contribution in [1.82, 2.24) is 0 Å². The van der Waals surface area contributed by atoms with Crippen LogP contribution in [0.3, 0.4) is 0 Å². The van der Waals surface area contributed by atoms with Gasteiger partial charge in [0.15, 0.2) is 6.10 Å². The molecule has 0 aromatic heterocycles. The number of carbonyl (C=O) groups is 2. The third-order valence-electron chi connectivity index (χ3n) is 7.74. The van der Waals surface area contributed by atoms with E-state index in [-0.39, 0.29) is 12.8 Å². The minimum absolute atomic E-state index is 0.0979. The van der Waals surface area contributed by atoms with Crippen molar-refractivity contribution >= 4 is 27.6 Å². The first-order valence-corrected chi connectivity index (χ1v) is 22.3. The summed E-state index contributed by atoms with van der Waals surface area (Å²) in [7, 11) is -9.69. The van der Waals surface area contributed by atoms with Gasteiger partial charge >= 0.3 is 27.6 Å². The van der Waals surface area contributed by atoms with E-state index in [9.17, 15) is 33.8 Å². The number of hydrogen-bond acceptors (Lipinski definition) is 11. The quantitative estimate of drug-likeness (QED) is 0.0135. The van der Waals surface area contributed by atoms with Gasteiger partial charge in [0.1, 0.15) is 12.7 Å². The molecule has 0 aromatic rings. The molecule has 14 nitrogen and oxygen atoms in total. The molecule has 0 amide bonds. The summed E-state index contributed by atoms with van der Waals surface area (Å²) in [5.74, 6) is -0.454. The molecule has 0 radical (unpaired) electrons. The van der Waals surface area contributed by atoms with E-state index in [1.54, 1.807) is 6.08 Å². The number of aliphatic hydroxyl groups is 2. The number of hydrogen-bond donors (Lipinski definition) is 5. The lowest BCUT2D eigenvalue weighted by Gasteiger charge is -2.20. The van der Waals surface area contributed by atoms with Gasteiger partial charge in [-0.3, -0.25) is 23.2 Å². The van der Waals surface area contributed by atoms with Crippen LogP contribution in [0.1, 0.15) is 130 Å². The van der Waals surface area contributed by atoms with Crippen LogP contribution in [-0.2, 0) is 41.8 Å². The van der Waals surface area contributed by atoms with Gasteiger partial charge in [-0.2, -0.15) is 0 Å². The number of aliphatic hydroxyl groups excluding tert-OH is 2. The van der Waals surface area contributed by atoms with Crippen molar-refractivity contribution in [3.8, 4) is 0 Å². The van der Waals surface area contributed by atoms with E-state index in [1.165, 1.54) is 12.8 Å². The Hall–Kier alpha value is -1.96. The van der Waals surface area contributed by atoms with Crippen LogP contribution < -0.4 is 0 Å². The third kappa shape index (κ3) is 37.0. The lowest BCUT2D eigenvalue weighted by atomic mass is 10.0. The summed E-state index contributed by atoms with van der Waals surface area (Å²) >= 11 is 0. The van der Waals surface area contributed by atoms with E-state index < -0.39 is 72.3 Å². The largest absolute Gasteiger partial charge is 0.472 e. The van der Waals surface area contributed by atoms with Gasteiger partial charge in [0.2, 0.25) is 0 Å². The Kier molecular flexibility index (Phi) is 32.0. The van der Waals surface area contributed by atoms with Gasteiger partial charge in [0.05, 0.1) is 25.9 Å². The molecular formula is C38H68O14P2. The topological polar surface area (TPSA) is 216 Å². The van der Waals surface area contributed by atoms with Gasteiger partial charge < -0.3 is 34.4 Å². The molecule has 16 heteroatoms. The highest BCUT2D eigenvalue weighted by molar-refractivity contribution is 7.47. The maximum atomic E-state index is 12.5. The number of phosphoric acid groups is 2. The number of allylic oxidation sites excluding steroid dienone is 7. The normalized spacial score (nSPS) is 15.4. The number of carbonyl (C=O) groups excluding carboxylic acids is 2. The minimum atomic E-state index is -4.87. The summed E-state index contributed by atoms with van der Waals surface area (Å²) in [4.78, 5) is 52.4. The van der Waals surface area contributed by atoms with Crippen molar-refractivity contribution in [3.05, 3.63) is 48.6 Å².